The molecule has 1 fully saturated rings. The molecule has 0 radical (unpaired) electrons. The van der Waals surface area contributed by atoms with Crippen LogP contribution in [0.25, 0.3) is 0 Å². The van der Waals surface area contributed by atoms with E-state index in [1.54, 1.807) is 6.07 Å². The Morgan fingerprint density at radius 3 is 2.61 bits per heavy atom. The van der Waals surface area contributed by atoms with Gasteiger partial charge in [0.05, 0.1) is 11.7 Å². The molecule has 2 heterocycles. The molecule has 0 aliphatic carbocycles. The third kappa shape index (κ3) is 2.26. The van der Waals surface area contributed by atoms with Crippen LogP contribution in [0, 0.1) is 13.8 Å². The van der Waals surface area contributed by atoms with E-state index in [1.165, 1.54) is 16.2 Å². The minimum Gasteiger partial charge on any atom is -0.480 e. The molecule has 2 N–H and O–H groups in total. The number of hydrogen-bond donors (Lipinski definition) is 2. The molecule has 2 rings (SSSR count). The van der Waals surface area contributed by atoms with Crippen molar-refractivity contribution in [1.29, 1.82) is 0 Å². The van der Waals surface area contributed by atoms with Crippen LogP contribution >= 0.6 is 11.3 Å². The quantitative estimate of drug-likeness (QED) is 0.840. The van der Waals surface area contributed by atoms with Gasteiger partial charge in [-0.15, -0.1) is 11.3 Å². The van der Waals surface area contributed by atoms with E-state index in [9.17, 15) is 14.7 Å². The molecule has 0 unspecified atom stereocenters. The summed E-state index contributed by atoms with van der Waals surface area (Å²) in [6, 6.07) is 0.846. The molecular weight excluding hydrogens is 254 g/mol. The molecule has 5 nitrogen and oxygen atoms in total. The molecule has 1 amide bonds. The standard InChI is InChI=1S/C12H15NO4S/c1-6-3-9(7(2)18-6)11(15)13-5-8(14)4-10(13)12(16)17/h3,8,10,14H,4-5H2,1-2H3,(H,16,17)/t8-,10-/m1/s1. The number of likely N-dealkylation sites (tertiary alicyclic amines) is 1. The zero-order chi connectivity index (χ0) is 13.4. The second-order valence-electron chi connectivity index (χ2n) is 4.53. The molecule has 1 aromatic rings. The van der Waals surface area contributed by atoms with E-state index in [0.29, 0.717) is 5.56 Å². The lowest BCUT2D eigenvalue weighted by atomic mass is 10.2. The Hall–Kier alpha value is -1.40. The number of aliphatic carboxylic acids is 1. The number of rotatable bonds is 2. The lowest BCUT2D eigenvalue weighted by Crippen LogP contribution is -2.40. The van der Waals surface area contributed by atoms with E-state index >= 15 is 0 Å². The first-order valence-electron chi connectivity index (χ1n) is 5.69. The van der Waals surface area contributed by atoms with Crippen molar-refractivity contribution in [3.05, 3.63) is 21.4 Å². The highest BCUT2D eigenvalue weighted by Crippen LogP contribution is 2.26. The van der Waals surface area contributed by atoms with Gasteiger partial charge < -0.3 is 15.1 Å². The zero-order valence-electron chi connectivity index (χ0n) is 10.2. The first-order valence-corrected chi connectivity index (χ1v) is 6.50. The van der Waals surface area contributed by atoms with Gasteiger partial charge in [-0.05, 0) is 19.9 Å². The number of carboxylic acids is 1. The predicted molar refractivity (Wildman–Crippen MR) is 66.9 cm³/mol. The number of carboxylic acid groups (broad SMARTS) is 1. The maximum atomic E-state index is 12.3. The summed E-state index contributed by atoms with van der Waals surface area (Å²) in [6.07, 6.45) is -0.654. The topological polar surface area (TPSA) is 77.8 Å². The molecule has 2 atom stereocenters. The van der Waals surface area contributed by atoms with Crippen molar-refractivity contribution in [2.24, 2.45) is 0 Å². The maximum Gasteiger partial charge on any atom is 0.326 e. The molecule has 6 heteroatoms. The van der Waals surface area contributed by atoms with Crippen LogP contribution in [0.2, 0.25) is 0 Å². The largest absolute Gasteiger partial charge is 0.480 e. The molecule has 18 heavy (non-hydrogen) atoms. The van der Waals surface area contributed by atoms with Crippen LogP contribution in [0.4, 0.5) is 0 Å². The minimum atomic E-state index is -1.07. The molecule has 0 saturated carbocycles. The molecule has 0 bridgehead atoms. The highest BCUT2D eigenvalue weighted by atomic mass is 32.1. The van der Waals surface area contributed by atoms with E-state index in [-0.39, 0.29) is 18.9 Å². The van der Waals surface area contributed by atoms with Crippen molar-refractivity contribution in [3.63, 3.8) is 0 Å². The van der Waals surface area contributed by atoms with E-state index in [4.69, 9.17) is 5.11 Å². The SMILES string of the molecule is Cc1cc(C(=O)N2C[C@H](O)C[C@@H]2C(=O)O)c(C)s1. The smallest absolute Gasteiger partial charge is 0.326 e. The average molecular weight is 269 g/mol. The number of aryl methyl sites for hydroxylation is 2. The summed E-state index contributed by atoms with van der Waals surface area (Å²) in [5.74, 6) is -1.37. The first-order chi connectivity index (χ1) is 8.40. The fourth-order valence-corrected chi connectivity index (χ4v) is 3.19. The van der Waals surface area contributed by atoms with Gasteiger partial charge in [0.2, 0.25) is 0 Å². The van der Waals surface area contributed by atoms with Gasteiger partial charge in [0, 0.05) is 22.7 Å². The van der Waals surface area contributed by atoms with Crippen molar-refractivity contribution in [2.45, 2.75) is 32.4 Å². The lowest BCUT2D eigenvalue weighted by molar-refractivity contribution is -0.141. The van der Waals surface area contributed by atoms with E-state index in [2.05, 4.69) is 0 Å². The third-order valence-electron chi connectivity index (χ3n) is 3.10. The number of β-amino-alcohol motifs (C(OH)–C–C–N with tert-alkyl or cyclic N) is 1. The van der Waals surface area contributed by atoms with Gasteiger partial charge >= 0.3 is 5.97 Å². The summed E-state index contributed by atoms with van der Waals surface area (Å²) in [5, 5.41) is 18.6. The van der Waals surface area contributed by atoms with Gasteiger partial charge in [-0.25, -0.2) is 4.79 Å². The van der Waals surface area contributed by atoms with Crippen molar-refractivity contribution >= 4 is 23.2 Å². The number of thiophene rings is 1. The summed E-state index contributed by atoms with van der Waals surface area (Å²) in [7, 11) is 0. The van der Waals surface area contributed by atoms with Crippen LogP contribution in [0.3, 0.4) is 0 Å². The summed E-state index contributed by atoms with van der Waals surface area (Å²) in [5.41, 5.74) is 0.540. The monoisotopic (exact) mass is 269 g/mol. The van der Waals surface area contributed by atoms with Crippen LogP contribution in [0.1, 0.15) is 26.5 Å². The van der Waals surface area contributed by atoms with E-state index in [1.807, 2.05) is 13.8 Å². The van der Waals surface area contributed by atoms with Gasteiger partial charge in [0.25, 0.3) is 5.91 Å². The average Bonchev–Trinajstić information content (AvgIpc) is 2.81. The molecule has 1 aliphatic heterocycles. The summed E-state index contributed by atoms with van der Waals surface area (Å²) in [4.78, 5) is 26.5. The Balaban J connectivity index is 2.28. The van der Waals surface area contributed by atoms with Gasteiger partial charge in [-0.1, -0.05) is 0 Å². The number of nitrogens with zero attached hydrogens (tertiary/aromatic N) is 1. The molecule has 1 saturated heterocycles. The Morgan fingerprint density at radius 1 is 1.44 bits per heavy atom. The number of aliphatic hydroxyl groups excluding tert-OH is 1. The summed E-state index contributed by atoms with van der Waals surface area (Å²) >= 11 is 1.51. The lowest BCUT2D eigenvalue weighted by Gasteiger charge is -2.20. The van der Waals surface area contributed by atoms with Gasteiger partial charge in [-0.2, -0.15) is 0 Å². The Bertz CT molecular complexity index is 496. The summed E-state index contributed by atoms with van der Waals surface area (Å²) < 4.78 is 0. The Morgan fingerprint density at radius 2 is 2.11 bits per heavy atom. The number of hydrogen-bond acceptors (Lipinski definition) is 4. The van der Waals surface area contributed by atoms with E-state index in [0.717, 1.165) is 9.75 Å². The van der Waals surface area contributed by atoms with E-state index < -0.39 is 18.1 Å². The van der Waals surface area contributed by atoms with Crippen LogP contribution in [-0.4, -0.2) is 45.7 Å². The highest BCUT2D eigenvalue weighted by Gasteiger charge is 2.39. The molecule has 0 spiro atoms. The second-order valence-corrected chi connectivity index (χ2v) is 5.99. The molecule has 1 aromatic heterocycles. The molecule has 98 valence electrons. The first kappa shape index (κ1) is 13.0. The minimum absolute atomic E-state index is 0.0874. The van der Waals surface area contributed by atoms with Crippen LogP contribution in [0.5, 0.6) is 0 Å². The molecular formula is C12H15NO4S. The highest BCUT2D eigenvalue weighted by molar-refractivity contribution is 7.12. The van der Waals surface area contributed by atoms with Crippen molar-refractivity contribution in [1.82, 2.24) is 4.90 Å². The number of amides is 1. The van der Waals surface area contributed by atoms with Crippen LogP contribution in [0.15, 0.2) is 6.07 Å². The summed E-state index contributed by atoms with van der Waals surface area (Å²) in [6.45, 7) is 3.83. The van der Waals surface area contributed by atoms with Crippen LogP contribution < -0.4 is 0 Å². The van der Waals surface area contributed by atoms with Gasteiger partial charge in [-0.3, -0.25) is 4.79 Å². The Labute approximate surface area is 109 Å². The van der Waals surface area contributed by atoms with Crippen molar-refractivity contribution in [3.8, 4) is 0 Å². The molecule has 0 aromatic carbocycles. The van der Waals surface area contributed by atoms with Crippen molar-refractivity contribution < 1.29 is 19.8 Å². The fraction of sp³-hybridized carbons (Fsp3) is 0.500. The predicted octanol–water partition coefficient (Wildman–Crippen LogP) is 1.02. The van der Waals surface area contributed by atoms with Gasteiger partial charge in [0.15, 0.2) is 0 Å². The normalized spacial score (nSPS) is 23.4. The number of carbonyl (C=O) groups is 2. The van der Waals surface area contributed by atoms with Crippen LogP contribution in [-0.2, 0) is 4.79 Å². The Kier molecular flexibility index (Phi) is 3.41. The zero-order valence-corrected chi connectivity index (χ0v) is 11.0. The number of carbonyl (C=O) groups excluding carboxylic acids is 1. The number of aliphatic hydroxyl groups is 1. The van der Waals surface area contributed by atoms with Crippen molar-refractivity contribution in [2.75, 3.05) is 6.54 Å². The molecule has 1 aliphatic rings. The van der Waals surface area contributed by atoms with Gasteiger partial charge in [0.1, 0.15) is 6.04 Å². The fourth-order valence-electron chi connectivity index (χ4n) is 2.27. The maximum absolute atomic E-state index is 12.3. The second kappa shape index (κ2) is 4.70. The third-order valence-corrected chi connectivity index (χ3v) is 4.06.